The van der Waals surface area contributed by atoms with Gasteiger partial charge in [-0.15, -0.1) is 24.0 Å². The molecule has 1 aliphatic rings. The number of hydrogen-bond donors (Lipinski definition) is 3. The predicted octanol–water partition coefficient (Wildman–Crippen LogP) is 2.81. The highest BCUT2D eigenvalue weighted by Crippen LogP contribution is 2.13. The number of nitrogens with one attached hydrogen (secondary N) is 3. The molecule has 1 heterocycles. The molecule has 0 aliphatic carbocycles. The Balaban J connectivity index is 0.00000364. The van der Waals surface area contributed by atoms with Gasteiger partial charge in [0.1, 0.15) is 12.4 Å². The summed E-state index contributed by atoms with van der Waals surface area (Å²) < 4.78 is 13.2. The normalized spacial score (nSPS) is 16.0. The molecular weight excluding hydrogens is 460 g/mol. The molecule has 1 saturated heterocycles. The number of aliphatic imine (C=N–C) groups is 1. The summed E-state index contributed by atoms with van der Waals surface area (Å²) in [5, 5.41) is 9.25. The molecule has 0 unspecified atom stereocenters. The molecule has 1 fully saturated rings. The quantitative estimate of drug-likeness (QED) is 0.325. The Kier molecular flexibility index (Phi) is 10.6. The van der Waals surface area contributed by atoms with E-state index >= 15 is 0 Å². The molecule has 152 valence electrons. The van der Waals surface area contributed by atoms with E-state index in [1.54, 1.807) is 12.1 Å². The van der Waals surface area contributed by atoms with E-state index in [0.29, 0.717) is 23.7 Å². The fraction of sp³-hybridized carbons (Fsp3) is 0.579. The summed E-state index contributed by atoms with van der Waals surface area (Å²) >= 11 is 0. The van der Waals surface area contributed by atoms with Crippen molar-refractivity contribution in [3.05, 3.63) is 30.1 Å². The molecule has 3 N–H and O–H groups in total. The number of benzene rings is 1. The van der Waals surface area contributed by atoms with Gasteiger partial charge in [-0.1, -0.05) is 6.07 Å². The van der Waals surface area contributed by atoms with E-state index in [1.807, 2.05) is 6.92 Å². The third-order valence-corrected chi connectivity index (χ3v) is 4.43. The number of amides is 1. The summed E-state index contributed by atoms with van der Waals surface area (Å²) in [6.45, 7) is 9.26. The van der Waals surface area contributed by atoms with Crippen LogP contribution in [0, 0.1) is 5.82 Å². The maximum absolute atomic E-state index is 13.2. The van der Waals surface area contributed by atoms with Crippen LogP contribution in [0.3, 0.4) is 0 Å². The van der Waals surface area contributed by atoms with Gasteiger partial charge in [0.05, 0.1) is 0 Å². The van der Waals surface area contributed by atoms with Crippen LogP contribution >= 0.6 is 24.0 Å². The van der Waals surface area contributed by atoms with Crippen molar-refractivity contribution >= 4 is 41.5 Å². The zero-order chi connectivity index (χ0) is 18.9. The average Bonchev–Trinajstić information content (AvgIpc) is 2.60. The van der Waals surface area contributed by atoms with Crippen molar-refractivity contribution in [1.82, 2.24) is 15.5 Å². The molecule has 1 amide bonds. The molecule has 0 spiro atoms. The highest BCUT2D eigenvalue weighted by atomic mass is 127. The van der Waals surface area contributed by atoms with E-state index in [0.717, 1.165) is 32.5 Å². The molecule has 8 heteroatoms. The van der Waals surface area contributed by atoms with E-state index in [2.05, 4.69) is 39.7 Å². The lowest BCUT2D eigenvalue weighted by Gasteiger charge is -2.35. The lowest BCUT2D eigenvalue weighted by molar-refractivity contribution is -0.114. The molecule has 2 rings (SSSR count). The lowest BCUT2D eigenvalue weighted by atomic mass is 10.0. The van der Waals surface area contributed by atoms with Crippen LogP contribution in [0.15, 0.2) is 29.3 Å². The van der Waals surface area contributed by atoms with E-state index in [9.17, 15) is 9.18 Å². The zero-order valence-corrected chi connectivity index (χ0v) is 18.6. The lowest BCUT2D eigenvalue weighted by Crippen LogP contribution is -2.50. The first-order valence-corrected chi connectivity index (χ1v) is 9.32. The first-order valence-electron chi connectivity index (χ1n) is 9.32. The Bertz CT molecular complexity index is 618. The van der Waals surface area contributed by atoms with Gasteiger partial charge in [-0.05, 0) is 51.8 Å². The molecule has 0 bridgehead atoms. The fourth-order valence-corrected chi connectivity index (χ4v) is 2.99. The van der Waals surface area contributed by atoms with Crippen LogP contribution < -0.4 is 16.0 Å². The van der Waals surface area contributed by atoms with Crippen molar-refractivity contribution in [2.75, 3.05) is 31.5 Å². The minimum absolute atomic E-state index is 0. The Labute approximate surface area is 178 Å². The second-order valence-corrected chi connectivity index (χ2v) is 6.80. The summed E-state index contributed by atoms with van der Waals surface area (Å²) in [4.78, 5) is 18.9. The van der Waals surface area contributed by atoms with Crippen LogP contribution in [0.2, 0.25) is 0 Å². The SMILES string of the molecule is CCNC(=NCC(=O)Nc1cccc(F)c1)NC1CCN(C(C)C)CC1.I. The molecule has 0 radical (unpaired) electrons. The van der Waals surface area contributed by atoms with E-state index in [-0.39, 0.29) is 42.2 Å². The number of rotatable bonds is 6. The van der Waals surface area contributed by atoms with Crippen molar-refractivity contribution in [2.45, 2.75) is 45.7 Å². The van der Waals surface area contributed by atoms with Crippen LogP contribution in [0.5, 0.6) is 0 Å². The van der Waals surface area contributed by atoms with Gasteiger partial charge in [0.15, 0.2) is 5.96 Å². The topological polar surface area (TPSA) is 68.8 Å². The Morgan fingerprint density at radius 2 is 2.04 bits per heavy atom. The van der Waals surface area contributed by atoms with Crippen molar-refractivity contribution in [1.29, 1.82) is 0 Å². The number of guanidine groups is 1. The molecule has 27 heavy (non-hydrogen) atoms. The van der Waals surface area contributed by atoms with Crippen molar-refractivity contribution < 1.29 is 9.18 Å². The molecule has 0 atom stereocenters. The van der Waals surface area contributed by atoms with Gasteiger partial charge in [0, 0.05) is 37.4 Å². The van der Waals surface area contributed by atoms with Gasteiger partial charge in [0.25, 0.3) is 0 Å². The number of likely N-dealkylation sites (tertiary alicyclic amines) is 1. The third kappa shape index (κ3) is 8.42. The first-order chi connectivity index (χ1) is 12.5. The Hall–Kier alpha value is -1.42. The second-order valence-electron chi connectivity index (χ2n) is 6.80. The minimum Gasteiger partial charge on any atom is -0.357 e. The van der Waals surface area contributed by atoms with Gasteiger partial charge in [-0.3, -0.25) is 4.79 Å². The highest BCUT2D eigenvalue weighted by Gasteiger charge is 2.21. The predicted molar refractivity (Wildman–Crippen MR) is 119 cm³/mol. The minimum atomic E-state index is -0.381. The monoisotopic (exact) mass is 491 g/mol. The molecular formula is C19H31FIN5O. The number of hydrogen-bond acceptors (Lipinski definition) is 3. The van der Waals surface area contributed by atoms with Crippen LogP contribution in [0.4, 0.5) is 10.1 Å². The first kappa shape index (κ1) is 23.6. The van der Waals surface area contributed by atoms with Crippen LogP contribution in [-0.4, -0.2) is 55.0 Å². The summed E-state index contributed by atoms with van der Waals surface area (Å²) in [5.74, 6) is -0.0126. The number of anilines is 1. The second kappa shape index (κ2) is 12.1. The molecule has 1 aromatic carbocycles. The summed E-state index contributed by atoms with van der Waals surface area (Å²) in [5.41, 5.74) is 0.434. The van der Waals surface area contributed by atoms with Crippen molar-refractivity contribution in [3.63, 3.8) is 0 Å². The molecule has 1 aromatic rings. The third-order valence-electron chi connectivity index (χ3n) is 4.43. The van der Waals surface area contributed by atoms with E-state index in [1.165, 1.54) is 12.1 Å². The van der Waals surface area contributed by atoms with E-state index < -0.39 is 0 Å². The number of halogens is 2. The van der Waals surface area contributed by atoms with Gasteiger partial charge < -0.3 is 20.9 Å². The Morgan fingerprint density at radius 3 is 2.63 bits per heavy atom. The average molecular weight is 491 g/mol. The zero-order valence-electron chi connectivity index (χ0n) is 16.3. The summed E-state index contributed by atoms with van der Waals surface area (Å²) in [6.07, 6.45) is 2.11. The molecule has 1 aliphatic heterocycles. The summed E-state index contributed by atoms with van der Waals surface area (Å²) in [6, 6.07) is 6.76. The maximum atomic E-state index is 13.2. The summed E-state index contributed by atoms with van der Waals surface area (Å²) in [7, 11) is 0. The number of carbonyl (C=O) groups is 1. The van der Waals surface area contributed by atoms with Crippen LogP contribution in [-0.2, 0) is 4.79 Å². The van der Waals surface area contributed by atoms with Gasteiger partial charge >= 0.3 is 0 Å². The number of carbonyl (C=O) groups excluding carboxylic acids is 1. The smallest absolute Gasteiger partial charge is 0.246 e. The largest absolute Gasteiger partial charge is 0.357 e. The highest BCUT2D eigenvalue weighted by molar-refractivity contribution is 14.0. The van der Waals surface area contributed by atoms with Gasteiger partial charge in [0.2, 0.25) is 5.91 Å². The maximum Gasteiger partial charge on any atom is 0.246 e. The van der Waals surface area contributed by atoms with Crippen LogP contribution in [0.25, 0.3) is 0 Å². The van der Waals surface area contributed by atoms with Crippen molar-refractivity contribution in [3.8, 4) is 0 Å². The standard InChI is InChI=1S/C19H30FN5O.HI/c1-4-21-19(24-16-8-10-25(11-9-16)14(2)3)22-13-18(26)23-17-7-5-6-15(20)12-17;/h5-7,12,14,16H,4,8-11,13H2,1-3H3,(H,23,26)(H2,21,22,24);1H. The number of nitrogens with zero attached hydrogens (tertiary/aromatic N) is 2. The van der Waals surface area contributed by atoms with Gasteiger partial charge in [-0.25, -0.2) is 9.38 Å². The Morgan fingerprint density at radius 1 is 1.33 bits per heavy atom. The fourth-order valence-electron chi connectivity index (χ4n) is 2.99. The molecule has 6 nitrogen and oxygen atoms in total. The molecule has 0 aromatic heterocycles. The molecule has 0 saturated carbocycles. The van der Waals surface area contributed by atoms with E-state index in [4.69, 9.17) is 0 Å². The van der Waals surface area contributed by atoms with Crippen LogP contribution in [0.1, 0.15) is 33.6 Å². The number of piperidine rings is 1. The van der Waals surface area contributed by atoms with Crippen molar-refractivity contribution in [2.24, 2.45) is 4.99 Å². The van der Waals surface area contributed by atoms with Gasteiger partial charge in [-0.2, -0.15) is 0 Å².